The summed E-state index contributed by atoms with van der Waals surface area (Å²) < 4.78 is 0. The van der Waals surface area contributed by atoms with Gasteiger partial charge < -0.3 is 15.7 Å². The molecule has 0 bridgehead atoms. The molecule has 150 valence electrons. The fourth-order valence-electron chi connectivity index (χ4n) is 3.21. The zero-order valence-corrected chi connectivity index (χ0v) is 16.8. The van der Waals surface area contributed by atoms with Crippen LogP contribution in [0.4, 0.5) is 4.79 Å². The number of hydrogen-bond acceptors (Lipinski definition) is 2. The van der Waals surface area contributed by atoms with Crippen LogP contribution in [0.5, 0.6) is 0 Å². The van der Waals surface area contributed by atoms with Crippen LogP contribution in [0.1, 0.15) is 24.5 Å². The van der Waals surface area contributed by atoms with E-state index in [-0.39, 0.29) is 12.6 Å². The average molecular weight is 389 g/mol. The number of carbonyl (C=O) groups is 1. The van der Waals surface area contributed by atoms with E-state index in [0.29, 0.717) is 6.54 Å². The number of amides is 2. The van der Waals surface area contributed by atoms with Gasteiger partial charge in [0.15, 0.2) is 0 Å². The van der Waals surface area contributed by atoms with E-state index in [2.05, 4.69) is 34.9 Å². The van der Waals surface area contributed by atoms with Gasteiger partial charge in [-0.1, -0.05) is 84.9 Å². The molecular formula is C25H28N2O2. The Morgan fingerprint density at radius 2 is 1.41 bits per heavy atom. The molecule has 2 amide bonds. The van der Waals surface area contributed by atoms with Crippen molar-refractivity contribution in [2.45, 2.75) is 25.4 Å². The van der Waals surface area contributed by atoms with Crippen LogP contribution in [0, 0.1) is 0 Å². The Morgan fingerprint density at radius 3 is 2.07 bits per heavy atom. The Bertz CT molecular complexity index is 891. The van der Waals surface area contributed by atoms with E-state index in [0.717, 1.165) is 29.5 Å². The quantitative estimate of drug-likeness (QED) is 0.498. The van der Waals surface area contributed by atoms with Crippen LogP contribution in [0.2, 0.25) is 0 Å². The Kier molecular flexibility index (Phi) is 7.04. The van der Waals surface area contributed by atoms with E-state index >= 15 is 0 Å². The van der Waals surface area contributed by atoms with E-state index in [1.165, 1.54) is 5.56 Å². The zero-order valence-electron chi connectivity index (χ0n) is 16.8. The molecule has 0 aromatic heterocycles. The summed E-state index contributed by atoms with van der Waals surface area (Å²) >= 11 is 0. The largest absolute Gasteiger partial charge is 0.384 e. The number of benzene rings is 3. The fourth-order valence-corrected chi connectivity index (χ4v) is 3.21. The van der Waals surface area contributed by atoms with Gasteiger partial charge in [0.25, 0.3) is 0 Å². The second-order valence-corrected chi connectivity index (χ2v) is 7.42. The Morgan fingerprint density at radius 1 is 0.828 bits per heavy atom. The van der Waals surface area contributed by atoms with Crippen molar-refractivity contribution in [3.8, 4) is 11.1 Å². The van der Waals surface area contributed by atoms with Gasteiger partial charge >= 0.3 is 6.03 Å². The number of hydrogen-bond donors (Lipinski definition) is 3. The van der Waals surface area contributed by atoms with Crippen LogP contribution in [0.25, 0.3) is 11.1 Å². The molecule has 3 aromatic carbocycles. The molecule has 3 rings (SSSR count). The van der Waals surface area contributed by atoms with E-state index in [1.807, 2.05) is 60.7 Å². The van der Waals surface area contributed by atoms with Gasteiger partial charge in [-0.3, -0.25) is 0 Å². The maximum absolute atomic E-state index is 12.0. The van der Waals surface area contributed by atoms with Gasteiger partial charge in [-0.15, -0.1) is 0 Å². The molecule has 4 heteroatoms. The standard InChI is InChI=1S/C25H28N2O2/c1-25(29,23-16-14-22(15-17-23)21-12-6-3-7-13-21)19-27-24(28)26-18-8-11-20-9-4-2-5-10-20/h2-7,9-10,12-17,29H,8,11,18-19H2,1H3,(H2,26,27,28). The summed E-state index contributed by atoms with van der Waals surface area (Å²) in [6.07, 6.45) is 1.79. The van der Waals surface area contributed by atoms with Gasteiger partial charge in [0, 0.05) is 6.54 Å². The minimum atomic E-state index is -1.14. The second-order valence-electron chi connectivity index (χ2n) is 7.42. The van der Waals surface area contributed by atoms with Crippen molar-refractivity contribution in [1.82, 2.24) is 10.6 Å². The normalized spacial score (nSPS) is 12.8. The van der Waals surface area contributed by atoms with Gasteiger partial charge in [0.1, 0.15) is 5.60 Å². The van der Waals surface area contributed by atoms with Gasteiger partial charge in [-0.25, -0.2) is 4.79 Å². The molecule has 0 saturated carbocycles. The lowest BCUT2D eigenvalue weighted by Crippen LogP contribution is -2.43. The first-order valence-electron chi connectivity index (χ1n) is 9.98. The van der Waals surface area contributed by atoms with Gasteiger partial charge in [-0.05, 0) is 42.0 Å². The van der Waals surface area contributed by atoms with Crippen LogP contribution >= 0.6 is 0 Å². The number of carbonyl (C=O) groups excluding carboxylic acids is 1. The van der Waals surface area contributed by atoms with E-state index in [9.17, 15) is 9.90 Å². The minimum Gasteiger partial charge on any atom is -0.384 e. The van der Waals surface area contributed by atoms with Gasteiger partial charge in [0.05, 0.1) is 6.54 Å². The number of rotatable bonds is 8. The van der Waals surface area contributed by atoms with Crippen molar-refractivity contribution in [3.63, 3.8) is 0 Å². The molecule has 0 spiro atoms. The van der Waals surface area contributed by atoms with E-state index < -0.39 is 5.60 Å². The lowest BCUT2D eigenvalue weighted by Gasteiger charge is -2.24. The first-order valence-corrected chi connectivity index (χ1v) is 9.98. The van der Waals surface area contributed by atoms with Crippen molar-refractivity contribution in [1.29, 1.82) is 0 Å². The summed E-state index contributed by atoms with van der Waals surface area (Å²) in [6, 6.07) is 27.8. The molecule has 4 nitrogen and oxygen atoms in total. The smallest absolute Gasteiger partial charge is 0.314 e. The lowest BCUT2D eigenvalue weighted by molar-refractivity contribution is 0.0594. The van der Waals surface area contributed by atoms with Crippen molar-refractivity contribution >= 4 is 6.03 Å². The molecule has 29 heavy (non-hydrogen) atoms. The Hall–Kier alpha value is -3.11. The third kappa shape index (κ3) is 6.19. The van der Waals surface area contributed by atoms with Crippen molar-refractivity contribution in [3.05, 3.63) is 96.1 Å². The summed E-state index contributed by atoms with van der Waals surface area (Å²) in [5, 5.41) is 16.4. The van der Waals surface area contributed by atoms with Crippen LogP contribution in [0.15, 0.2) is 84.9 Å². The van der Waals surface area contributed by atoms with Crippen molar-refractivity contribution in [2.24, 2.45) is 0 Å². The maximum atomic E-state index is 12.0. The molecule has 0 fully saturated rings. The predicted molar refractivity (Wildman–Crippen MR) is 118 cm³/mol. The number of aryl methyl sites for hydroxylation is 1. The molecule has 1 atom stereocenters. The van der Waals surface area contributed by atoms with Crippen LogP contribution in [-0.4, -0.2) is 24.2 Å². The number of urea groups is 1. The zero-order chi connectivity index (χ0) is 20.5. The average Bonchev–Trinajstić information content (AvgIpc) is 2.77. The topological polar surface area (TPSA) is 61.4 Å². The van der Waals surface area contributed by atoms with Crippen molar-refractivity contribution < 1.29 is 9.90 Å². The third-order valence-corrected chi connectivity index (χ3v) is 4.98. The van der Waals surface area contributed by atoms with E-state index in [4.69, 9.17) is 0 Å². The Labute approximate surface area is 172 Å². The van der Waals surface area contributed by atoms with Gasteiger partial charge in [-0.2, -0.15) is 0 Å². The monoisotopic (exact) mass is 388 g/mol. The first kappa shape index (κ1) is 20.6. The predicted octanol–water partition coefficient (Wildman–Crippen LogP) is 4.49. The van der Waals surface area contributed by atoms with Crippen LogP contribution in [-0.2, 0) is 12.0 Å². The molecule has 1 unspecified atom stereocenters. The SMILES string of the molecule is CC(O)(CNC(=O)NCCCc1ccccc1)c1ccc(-c2ccccc2)cc1. The molecule has 0 aliphatic heterocycles. The highest BCUT2D eigenvalue weighted by Crippen LogP contribution is 2.24. The second kappa shape index (κ2) is 9.89. The Balaban J connectivity index is 1.44. The fraction of sp³-hybridized carbons (Fsp3) is 0.240. The summed E-state index contributed by atoms with van der Waals surface area (Å²) in [4.78, 5) is 12.0. The highest BCUT2D eigenvalue weighted by molar-refractivity contribution is 5.73. The highest BCUT2D eigenvalue weighted by Gasteiger charge is 2.23. The summed E-state index contributed by atoms with van der Waals surface area (Å²) in [5.74, 6) is 0. The van der Waals surface area contributed by atoms with Crippen LogP contribution in [0.3, 0.4) is 0 Å². The maximum Gasteiger partial charge on any atom is 0.314 e. The molecule has 0 radical (unpaired) electrons. The van der Waals surface area contributed by atoms with Crippen molar-refractivity contribution in [2.75, 3.05) is 13.1 Å². The molecule has 0 aliphatic rings. The molecule has 3 aromatic rings. The molecular weight excluding hydrogens is 360 g/mol. The molecule has 0 saturated heterocycles. The molecule has 0 aliphatic carbocycles. The number of aliphatic hydroxyl groups is 1. The van der Waals surface area contributed by atoms with E-state index in [1.54, 1.807) is 6.92 Å². The molecule has 3 N–H and O–H groups in total. The summed E-state index contributed by atoms with van der Waals surface area (Å²) in [6.45, 7) is 2.44. The summed E-state index contributed by atoms with van der Waals surface area (Å²) in [5.41, 5.74) is 3.11. The third-order valence-electron chi connectivity index (χ3n) is 4.98. The highest BCUT2D eigenvalue weighted by atomic mass is 16.3. The first-order chi connectivity index (χ1) is 14.0. The molecule has 0 heterocycles. The lowest BCUT2D eigenvalue weighted by atomic mass is 9.94. The summed E-state index contributed by atoms with van der Waals surface area (Å²) in [7, 11) is 0. The van der Waals surface area contributed by atoms with Gasteiger partial charge in [0.2, 0.25) is 0 Å². The van der Waals surface area contributed by atoms with Crippen LogP contribution < -0.4 is 10.6 Å². The number of nitrogens with one attached hydrogen (secondary N) is 2. The minimum absolute atomic E-state index is 0.141.